The quantitative estimate of drug-likeness (QED) is 0.897. The Morgan fingerprint density at radius 2 is 2.05 bits per heavy atom. The maximum absolute atomic E-state index is 12.1. The Morgan fingerprint density at radius 3 is 2.63 bits per heavy atom. The normalized spacial score (nSPS) is 11.2. The van der Waals surface area contributed by atoms with Crippen molar-refractivity contribution < 1.29 is 0 Å². The molecule has 0 unspecified atom stereocenters. The molecule has 3 heteroatoms. The lowest BCUT2D eigenvalue weighted by Crippen LogP contribution is -2.09. The minimum absolute atomic E-state index is 0.0482. The summed E-state index contributed by atoms with van der Waals surface area (Å²) in [6, 6.07) is 8.33. The number of aryl methyl sites for hydroxylation is 2. The number of rotatable bonds is 4. The summed E-state index contributed by atoms with van der Waals surface area (Å²) in [5, 5.41) is 2.95. The van der Waals surface area contributed by atoms with Crippen LogP contribution in [0.15, 0.2) is 29.1 Å². The van der Waals surface area contributed by atoms with Crippen LogP contribution in [-0.4, -0.2) is 9.78 Å². The summed E-state index contributed by atoms with van der Waals surface area (Å²) in [6.45, 7) is 9.18. The molecule has 102 valence electrons. The van der Waals surface area contributed by atoms with E-state index in [1.807, 2.05) is 17.7 Å². The molecule has 1 aromatic heterocycles. The van der Waals surface area contributed by atoms with Crippen LogP contribution in [0.3, 0.4) is 0 Å². The van der Waals surface area contributed by atoms with Crippen molar-refractivity contribution in [2.75, 3.05) is 0 Å². The first-order valence-electron chi connectivity index (χ1n) is 6.91. The van der Waals surface area contributed by atoms with Crippen LogP contribution < -0.4 is 5.56 Å². The van der Waals surface area contributed by atoms with Gasteiger partial charge in [0.15, 0.2) is 0 Å². The van der Waals surface area contributed by atoms with Crippen LogP contribution >= 0.6 is 0 Å². The highest BCUT2D eigenvalue weighted by molar-refractivity contribution is 5.64. The highest BCUT2D eigenvalue weighted by Gasteiger charge is 2.16. The van der Waals surface area contributed by atoms with Gasteiger partial charge in [-0.15, -0.1) is 0 Å². The molecule has 1 heterocycles. The molecule has 19 heavy (non-hydrogen) atoms. The minimum atomic E-state index is 0.0482. The summed E-state index contributed by atoms with van der Waals surface area (Å²) in [7, 11) is 0. The molecule has 2 rings (SSSR count). The van der Waals surface area contributed by atoms with Crippen molar-refractivity contribution >= 4 is 0 Å². The summed E-state index contributed by atoms with van der Waals surface area (Å²) in [5.41, 5.74) is 4.33. The van der Waals surface area contributed by atoms with Crippen LogP contribution in [0.4, 0.5) is 0 Å². The number of hydrogen-bond acceptors (Lipinski definition) is 1. The molecule has 0 aliphatic rings. The fourth-order valence-corrected chi connectivity index (χ4v) is 2.47. The molecule has 0 saturated heterocycles. The van der Waals surface area contributed by atoms with E-state index in [4.69, 9.17) is 0 Å². The lowest BCUT2D eigenvalue weighted by Gasteiger charge is -2.10. The number of nitrogens with zero attached hydrogens (tertiary/aromatic N) is 1. The van der Waals surface area contributed by atoms with Gasteiger partial charge in [-0.2, -0.15) is 0 Å². The SMILES string of the molecule is CCn1[nH]c(=O)c(CC(C)C)c1-c1cccc(C)c1. The third-order valence-corrected chi connectivity index (χ3v) is 3.29. The van der Waals surface area contributed by atoms with Crippen molar-refractivity contribution in [1.29, 1.82) is 0 Å². The fourth-order valence-electron chi connectivity index (χ4n) is 2.47. The van der Waals surface area contributed by atoms with E-state index in [9.17, 15) is 4.79 Å². The standard InChI is InChI=1S/C16H22N2O/c1-5-18-15(13-8-6-7-12(4)10-13)14(9-11(2)3)16(19)17-18/h6-8,10-11H,5,9H2,1-4H3,(H,17,19). The Balaban J connectivity index is 2.62. The van der Waals surface area contributed by atoms with Gasteiger partial charge >= 0.3 is 0 Å². The van der Waals surface area contributed by atoms with Crippen molar-refractivity contribution in [1.82, 2.24) is 9.78 Å². The molecule has 0 amide bonds. The summed E-state index contributed by atoms with van der Waals surface area (Å²) >= 11 is 0. The Kier molecular flexibility index (Phi) is 3.93. The van der Waals surface area contributed by atoms with Crippen molar-refractivity contribution in [3.05, 3.63) is 45.7 Å². The van der Waals surface area contributed by atoms with Crippen LogP contribution in [-0.2, 0) is 13.0 Å². The van der Waals surface area contributed by atoms with E-state index in [0.717, 1.165) is 29.8 Å². The second kappa shape index (κ2) is 5.47. The molecule has 0 aliphatic carbocycles. The molecule has 0 fully saturated rings. The Morgan fingerprint density at radius 1 is 1.32 bits per heavy atom. The molecule has 1 N–H and O–H groups in total. The zero-order valence-electron chi connectivity index (χ0n) is 12.2. The van der Waals surface area contributed by atoms with Crippen LogP contribution in [0.5, 0.6) is 0 Å². The molecular formula is C16H22N2O. The largest absolute Gasteiger partial charge is 0.284 e. The van der Waals surface area contributed by atoms with Gasteiger partial charge in [0.2, 0.25) is 0 Å². The molecular weight excluding hydrogens is 236 g/mol. The minimum Gasteiger partial charge on any atom is -0.284 e. The number of aromatic nitrogens is 2. The molecule has 2 aromatic rings. The smallest absolute Gasteiger partial charge is 0.267 e. The lowest BCUT2D eigenvalue weighted by atomic mass is 9.99. The highest BCUT2D eigenvalue weighted by atomic mass is 16.1. The molecule has 0 spiro atoms. The highest BCUT2D eigenvalue weighted by Crippen LogP contribution is 2.24. The molecule has 0 aliphatic heterocycles. The Labute approximate surface area is 114 Å². The van der Waals surface area contributed by atoms with Gasteiger partial charge in [0, 0.05) is 17.7 Å². The van der Waals surface area contributed by atoms with Gasteiger partial charge in [0.1, 0.15) is 0 Å². The first kappa shape index (κ1) is 13.7. The van der Waals surface area contributed by atoms with Crippen LogP contribution in [0.25, 0.3) is 11.3 Å². The fraction of sp³-hybridized carbons (Fsp3) is 0.438. The number of aromatic amines is 1. The van der Waals surface area contributed by atoms with E-state index in [1.54, 1.807) is 0 Å². The number of H-pyrrole nitrogens is 1. The topological polar surface area (TPSA) is 37.8 Å². The average Bonchev–Trinajstić information content (AvgIpc) is 2.65. The molecule has 1 aromatic carbocycles. The maximum Gasteiger partial charge on any atom is 0.267 e. The van der Waals surface area contributed by atoms with E-state index < -0.39 is 0 Å². The van der Waals surface area contributed by atoms with Gasteiger partial charge < -0.3 is 0 Å². The predicted octanol–water partition coefficient (Wildman–Crippen LogP) is 3.37. The Bertz CT molecular complexity index is 620. The van der Waals surface area contributed by atoms with Gasteiger partial charge in [0.25, 0.3) is 5.56 Å². The van der Waals surface area contributed by atoms with E-state index in [2.05, 4.69) is 44.1 Å². The maximum atomic E-state index is 12.1. The second-order valence-corrected chi connectivity index (χ2v) is 5.48. The molecule has 0 bridgehead atoms. The van der Waals surface area contributed by atoms with E-state index in [0.29, 0.717) is 5.92 Å². The first-order valence-corrected chi connectivity index (χ1v) is 6.91. The second-order valence-electron chi connectivity index (χ2n) is 5.48. The van der Waals surface area contributed by atoms with Crippen LogP contribution in [0.1, 0.15) is 31.9 Å². The average molecular weight is 258 g/mol. The van der Waals surface area contributed by atoms with Gasteiger partial charge in [-0.05, 0) is 32.3 Å². The summed E-state index contributed by atoms with van der Waals surface area (Å²) < 4.78 is 1.95. The predicted molar refractivity (Wildman–Crippen MR) is 79.4 cm³/mol. The van der Waals surface area contributed by atoms with Crippen LogP contribution in [0.2, 0.25) is 0 Å². The summed E-state index contributed by atoms with van der Waals surface area (Å²) in [5.74, 6) is 0.470. The van der Waals surface area contributed by atoms with Crippen molar-refractivity contribution in [3.63, 3.8) is 0 Å². The van der Waals surface area contributed by atoms with Gasteiger partial charge in [0.05, 0.1) is 5.69 Å². The van der Waals surface area contributed by atoms with Crippen molar-refractivity contribution in [2.24, 2.45) is 5.92 Å². The van der Waals surface area contributed by atoms with Crippen molar-refractivity contribution in [2.45, 2.75) is 40.7 Å². The van der Waals surface area contributed by atoms with Crippen LogP contribution in [0, 0.1) is 12.8 Å². The lowest BCUT2D eigenvalue weighted by molar-refractivity contribution is 0.643. The van der Waals surface area contributed by atoms with E-state index in [1.165, 1.54) is 5.56 Å². The molecule has 0 radical (unpaired) electrons. The summed E-state index contributed by atoms with van der Waals surface area (Å²) in [6.07, 6.45) is 0.811. The van der Waals surface area contributed by atoms with E-state index in [-0.39, 0.29) is 5.56 Å². The van der Waals surface area contributed by atoms with Gasteiger partial charge in [-0.3, -0.25) is 14.6 Å². The third kappa shape index (κ3) is 2.80. The summed E-state index contributed by atoms with van der Waals surface area (Å²) in [4.78, 5) is 12.1. The molecule has 0 saturated carbocycles. The monoisotopic (exact) mass is 258 g/mol. The molecule has 0 atom stereocenters. The zero-order valence-corrected chi connectivity index (χ0v) is 12.2. The third-order valence-electron chi connectivity index (χ3n) is 3.29. The van der Waals surface area contributed by atoms with Gasteiger partial charge in [-0.1, -0.05) is 37.6 Å². The first-order chi connectivity index (χ1) is 9.02. The number of benzene rings is 1. The molecule has 3 nitrogen and oxygen atoms in total. The van der Waals surface area contributed by atoms with Crippen molar-refractivity contribution in [3.8, 4) is 11.3 Å². The number of nitrogens with one attached hydrogen (secondary N) is 1. The van der Waals surface area contributed by atoms with Gasteiger partial charge in [-0.25, -0.2) is 0 Å². The zero-order chi connectivity index (χ0) is 14.0. The van der Waals surface area contributed by atoms with E-state index >= 15 is 0 Å². The Hall–Kier alpha value is -1.77. The number of hydrogen-bond donors (Lipinski definition) is 1.